The zero-order chi connectivity index (χ0) is 10.1. The fraction of sp³-hybridized carbons (Fsp3) is 0.778. The number of halogens is 2. The van der Waals surface area contributed by atoms with Gasteiger partial charge < -0.3 is 10.2 Å². The molecule has 0 saturated heterocycles. The van der Waals surface area contributed by atoms with Gasteiger partial charge in [0.25, 0.3) is 0 Å². The second-order valence-corrected chi connectivity index (χ2v) is 3.06. The lowest BCUT2D eigenvalue weighted by atomic mass is 10.1. The number of carboxylic acid groups (broad SMARTS) is 2. The van der Waals surface area contributed by atoms with Gasteiger partial charge in [-0.2, -0.15) is 0 Å². The molecule has 0 heterocycles. The van der Waals surface area contributed by atoms with E-state index in [0.29, 0.717) is 12.8 Å². The first kappa shape index (κ1) is 20.0. The molecule has 0 aromatic carbocycles. The monoisotopic (exact) mass is 260 g/mol. The van der Waals surface area contributed by atoms with Gasteiger partial charge >= 0.3 is 11.9 Å². The number of carbonyl (C=O) groups is 2. The lowest BCUT2D eigenvalue weighted by molar-refractivity contribution is -0.138. The van der Waals surface area contributed by atoms with Crippen LogP contribution in [0.5, 0.6) is 0 Å². The molecule has 0 aliphatic heterocycles. The van der Waals surface area contributed by atoms with Gasteiger partial charge in [0.05, 0.1) is 0 Å². The summed E-state index contributed by atoms with van der Waals surface area (Å²) < 4.78 is 0. The van der Waals surface area contributed by atoms with Gasteiger partial charge in [0, 0.05) is 12.8 Å². The van der Waals surface area contributed by atoms with Gasteiger partial charge in [-0.15, -0.1) is 24.8 Å². The number of unbranched alkanes of at least 4 members (excludes halogenated alkanes) is 4. The van der Waals surface area contributed by atoms with E-state index in [9.17, 15) is 9.59 Å². The Hall–Kier alpha value is -0.480. The predicted molar refractivity (Wildman–Crippen MR) is 62.1 cm³/mol. The third-order valence-electron chi connectivity index (χ3n) is 1.78. The summed E-state index contributed by atoms with van der Waals surface area (Å²) in [7, 11) is 0. The van der Waals surface area contributed by atoms with Crippen molar-refractivity contribution in [2.75, 3.05) is 0 Å². The zero-order valence-corrected chi connectivity index (χ0v) is 10.1. The Morgan fingerprint density at radius 3 is 1.20 bits per heavy atom. The quantitative estimate of drug-likeness (QED) is 0.659. The summed E-state index contributed by atoms with van der Waals surface area (Å²) in [4.78, 5) is 20.2. The van der Waals surface area contributed by atoms with Gasteiger partial charge in [-0.05, 0) is 12.8 Å². The van der Waals surface area contributed by atoms with Crippen molar-refractivity contribution in [3.8, 4) is 0 Å². The van der Waals surface area contributed by atoms with Crippen LogP contribution >= 0.6 is 24.8 Å². The standard InChI is InChI=1S/C9H16O4.2ClH/c10-8(11)6-4-2-1-3-5-7-9(12)13;;/h1-7H2,(H,10,11)(H,12,13);2*1H. The molecule has 0 aromatic rings. The van der Waals surface area contributed by atoms with Crippen LogP contribution < -0.4 is 0 Å². The molecule has 0 saturated carbocycles. The maximum Gasteiger partial charge on any atom is 0.303 e. The lowest BCUT2D eigenvalue weighted by Gasteiger charge is -1.97. The Morgan fingerprint density at radius 2 is 0.933 bits per heavy atom. The summed E-state index contributed by atoms with van der Waals surface area (Å²) in [6.45, 7) is 0. The molecule has 0 aliphatic rings. The minimum absolute atomic E-state index is 0. The molecule has 0 bridgehead atoms. The molecule has 2 N–H and O–H groups in total. The number of carboxylic acids is 2. The van der Waals surface area contributed by atoms with E-state index < -0.39 is 11.9 Å². The van der Waals surface area contributed by atoms with E-state index in [1.54, 1.807) is 0 Å². The molecule has 0 amide bonds. The van der Waals surface area contributed by atoms with Gasteiger partial charge in [0.2, 0.25) is 0 Å². The van der Waals surface area contributed by atoms with Gasteiger partial charge in [-0.3, -0.25) is 9.59 Å². The largest absolute Gasteiger partial charge is 0.481 e. The fourth-order valence-electron chi connectivity index (χ4n) is 1.08. The summed E-state index contributed by atoms with van der Waals surface area (Å²) in [6.07, 6.45) is 4.53. The highest BCUT2D eigenvalue weighted by molar-refractivity contribution is 5.85. The molecule has 0 fully saturated rings. The molecular formula is C9H18Cl2O4. The van der Waals surface area contributed by atoms with E-state index in [4.69, 9.17) is 10.2 Å². The molecule has 6 heteroatoms. The molecule has 0 aromatic heterocycles. The van der Waals surface area contributed by atoms with Crippen molar-refractivity contribution in [1.82, 2.24) is 0 Å². The predicted octanol–water partition coefficient (Wildman–Crippen LogP) is 2.73. The van der Waals surface area contributed by atoms with Crippen LogP contribution in [0.4, 0.5) is 0 Å². The Kier molecular flexibility index (Phi) is 18.0. The van der Waals surface area contributed by atoms with Gasteiger partial charge in [-0.25, -0.2) is 0 Å². The Balaban J connectivity index is -0.000000720. The Morgan fingerprint density at radius 1 is 0.667 bits per heavy atom. The molecule has 0 radical (unpaired) electrons. The lowest BCUT2D eigenvalue weighted by Crippen LogP contribution is -1.95. The minimum atomic E-state index is -0.759. The van der Waals surface area contributed by atoms with E-state index >= 15 is 0 Å². The molecule has 0 spiro atoms. The van der Waals surface area contributed by atoms with E-state index in [1.165, 1.54) is 0 Å². The first-order chi connectivity index (χ1) is 6.13. The van der Waals surface area contributed by atoms with Crippen molar-refractivity contribution >= 4 is 36.8 Å². The van der Waals surface area contributed by atoms with Crippen LogP contribution in [0.2, 0.25) is 0 Å². The van der Waals surface area contributed by atoms with Crippen molar-refractivity contribution in [3.05, 3.63) is 0 Å². The highest BCUT2D eigenvalue weighted by Crippen LogP contribution is 2.06. The van der Waals surface area contributed by atoms with E-state index in [2.05, 4.69) is 0 Å². The average Bonchev–Trinajstić information content (AvgIpc) is 2.01. The number of aliphatic carboxylic acids is 2. The third kappa shape index (κ3) is 19.8. The molecule has 0 rings (SSSR count). The number of rotatable bonds is 8. The van der Waals surface area contributed by atoms with Crippen molar-refractivity contribution in [3.63, 3.8) is 0 Å². The van der Waals surface area contributed by atoms with Crippen molar-refractivity contribution in [2.45, 2.75) is 44.9 Å². The minimum Gasteiger partial charge on any atom is -0.481 e. The number of hydrogen-bond acceptors (Lipinski definition) is 2. The molecule has 92 valence electrons. The summed E-state index contributed by atoms with van der Waals surface area (Å²) in [6, 6.07) is 0. The van der Waals surface area contributed by atoms with Gasteiger partial charge in [0.1, 0.15) is 0 Å². The Bertz CT molecular complexity index is 155. The smallest absolute Gasteiger partial charge is 0.303 e. The summed E-state index contributed by atoms with van der Waals surface area (Å²) in [5.74, 6) is -1.52. The topological polar surface area (TPSA) is 74.6 Å². The van der Waals surface area contributed by atoms with Crippen LogP contribution in [-0.4, -0.2) is 22.2 Å². The van der Waals surface area contributed by atoms with Crippen LogP contribution in [0, 0.1) is 0 Å². The van der Waals surface area contributed by atoms with Crippen molar-refractivity contribution in [1.29, 1.82) is 0 Å². The van der Waals surface area contributed by atoms with E-state index in [1.807, 2.05) is 0 Å². The van der Waals surface area contributed by atoms with Crippen LogP contribution in [-0.2, 0) is 9.59 Å². The maximum absolute atomic E-state index is 10.1. The second kappa shape index (κ2) is 13.5. The molecule has 0 atom stereocenters. The van der Waals surface area contributed by atoms with Crippen molar-refractivity contribution in [2.24, 2.45) is 0 Å². The molecule has 0 unspecified atom stereocenters. The third-order valence-corrected chi connectivity index (χ3v) is 1.78. The second-order valence-electron chi connectivity index (χ2n) is 3.06. The van der Waals surface area contributed by atoms with Gasteiger partial charge in [-0.1, -0.05) is 19.3 Å². The zero-order valence-electron chi connectivity index (χ0n) is 8.48. The number of hydrogen-bond donors (Lipinski definition) is 2. The first-order valence-corrected chi connectivity index (χ1v) is 4.56. The van der Waals surface area contributed by atoms with E-state index in [0.717, 1.165) is 19.3 Å². The van der Waals surface area contributed by atoms with Crippen LogP contribution in [0.3, 0.4) is 0 Å². The first-order valence-electron chi connectivity index (χ1n) is 4.56. The summed E-state index contributed by atoms with van der Waals surface area (Å²) in [5.41, 5.74) is 0. The SMILES string of the molecule is Cl.Cl.O=C(O)CCCCCCCC(=O)O. The molecule has 15 heavy (non-hydrogen) atoms. The molecule has 4 nitrogen and oxygen atoms in total. The highest BCUT2D eigenvalue weighted by atomic mass is 35.5. The highest BCUT2D eigenvalue weighted by Gasteiger charge is 1.98. The van der Waals surface area contributed by atoms with Crippen LogP contribution in [0.15, 0.2) is 0 Å². The molecule has 0 aliphatic carbocycles. The average molecular weight is 261 g/mol. The summed E-state index contributed by atoms with van der Waals surface area (Å²) >= 11 is 0. The van der Waals surface area contributed by atoms with Gasteiger partial charge in [0.15, 0.2) is 0 Å². The maximum atomic E-state index is 10.1. The van der Waals surface area contributed by atoms with E-state index in [-0.39, 0.29) is 37.7 Å². The Labute approximate surface area is 102 Å². The normalized spacial score (nSPS) is 8.53. The fourth-order valence-corrected chi connectivity index (χ4v) is 1.08. The van der Waals surface area contributed by atoms with Crippen LogP contribution in [0.1, 0.15) is 44.9 Å². The van der Waals surface area contributed by atoms with Crippen molar-refractivity contribution < 1.29 is 19.8 Å². The van der Waals surface area contributed by atoms with Crippen LogP contribution in [0.25, 0.3) is 0 Å². The summed E-state index contributed by atoms with van der Waals surface area (Å²) in [5, 5.41) is 16.6. The molecular weight excluding hydrogens is 243 g/mol.